The minimum absolute atomic E-state index is 0.0534. The summed E-state index contributed by atoms with van der Waals surface area (Å²) in [4.78, 5) is 26.2. The summed E-state index contributed by atoms with van der Waals surface area (Å²) in [5.41, 5.74) is 3.03. The van der Waals surface area contributed by atoms with Gasteiger partial charge in [-0.25, -0.2) is 0 Å². The lowest BCUT2D eigenvalue weighted by Gasteiger charge is -2.36. The number of rotatable bonds is 4. The van der Waals surface area contributed by atoms with E-state index in [4.69, 9.17) is 0 Å². The standard InChI is InChI=1S/C22H29N5O/c1-24-9-13-27(14-10-24)22(28)21-17-20(7-8-23-21)26-15-11-25(12-16-26)18-19-5-3-2-4-6-19/h2-8,17H,9-16,18H2,1H3. The van der Waals surface area contributed by atoms with Crippen LogP contribution in [0.1, 0.15) is 16.1 Å². The lowest BCUT2D eigenvalue weighted by atomic mass is 10.2. The van der Waals surface area contributed by atoms with Crippen molar-refractivity contribution >= 4 is 11.6 Å². The third kappa shape index (κ3) is 4.51. The highest BCUT2D eigenvalue weighted by molar-refractivity contribution is 5.93. The van der Waals surface area contributed by atoms with E-state index >= 15 is 0 Å². The molecule has 2 aliphatic heterocycles. The number of carbonyl (C=O) groups excluding carboxylic acids is 1. The second-order valence-corrected chi connectivity index (χ2v) is 7.74. The molecule has 0 spiro atoms. The summed E-state index contributed by atoms with van der Waals surface area (Å²) in [5.74, 6) is 0.0534. The first-order valence-corrected chi connectivity index (χ1v) is 10.1. The molecule has 0 radical (unpaired) electrons. The van der Waals surface area contributed by atoms with Gasteiger partial charge in [0.25, 0.3) is 5.91 Å². The van der Waals surface area contributed by atoms with Crippen LogP contribution in [-0.2, 0) is 6.54 Å². The minimum atomic E-state index is 0.0534. The molecule has 3 heterocycles. The molecule has 1 aromatic carbocycles. The molecule has 2 saturated heterocycles. The molecule has 2 aromatic rings. The highest BCUT2D eigenvalue weighted by atomic mass is 16.2. The molecule has 2 aliphatic rings. The lowest BCUT2D eigenvalue weighted by molar-refractivity contribution is 0.0658. The van der Waals surface area contributed by atoms with Gasteiger partial charge in [-0.2, -0.15) is 0 Å². The van der Waals surface area contributed by atoms with Gasteiger partial charge in [0.15, 0.2) is 0 Å². The van der Waals surface area contributed by atoms with Crippen molar-refractivity contribution in [1.82, 2.24) is 19.7 Å². The van der Waals surface area contributed by atoms with Gasteiger partial charge in [-0.15, -0.1) is 0 Å². The number of nitrogens with zero attached hydrogens (tertiary/aromatic N) is 5. The number of amides is 1. The molecule has 0 saturated carbocycles. The maximum absolute atomic E-state index is 12.8. The zero-order valence-corrected chi connectivity index (χ0v) is 16.6. The van der Waals surface area contributed by atoms with E-state index in [0.717, 1.165) is 64.6 Å². The Morgan fingerprint density at radius 3 is 2.36 bits per heavy atom. The van der Waals surface area contributed by atoms with E-state index in [1.165, 1.54) is 5.56 Å². The second kappa shape index (κ2) is 8.71. The predicted molar refractivity (Wildman–Crippen MR) is 112 cm³/mol. The van der Waals surface area contributed by atoms with Gasteiger partial charge in [-0.05, 0) is 24.7 Å². The SMILES string of the molecule is CN1CCN(C(=O)c2cc(N3CCN(Cc4ccccc4)CC3)ccn2)CC1. The van der Waals surface area contributed by atoms with Crippen LogP contribution >= 0.6 is 0 Å². The first-order valence-electron chi connectivity index (χ1n) is 10.1. The summed E-state index contributed by atoms with van der Waals surface area (Å²) >= 11 is 0. The van der Waals surface area contributed by atoms with Gasteiger partial charge in [0.1, 0.15) is 5.69 Å². The van der Waals surface area contributed by atoms with Crippen molar-refractivity contribution in [2.75, 3.05) is 64.3 Å². The first kappa shape index (κ1) is 18.9. The third-order valence-corrected chi connectivity index (χ3v) is 5.74. The highest BCUT2D eigenvalue weighted by Crippen LogP contribution is 2.19. The maximum atomic E-state index is 12.8. The van der Waals surface area contributed by atoms with Crippen LogP contribution in [0.4, 0.5) is 5.69 Å². The maximum Gasteiger partial charge on any atom is 0.272 e. The number of pyridine rings is 1. The van der Waals surface area contributed by atoms with Gasteiger partial charge >= 0.3 is 0 Å². The quantitative estimate of drug-likeness (QED) is 0.810. The van der Waals surface area contributed by atoms with Crippen LogP contribution in [0.15, 0.2) is 48.7 Å². The van der Waals surface area contributed by atoms with Gasteiger partial charge in [0.2, 0.25) is 0 Å². The van der Waals surface area contributed by atoms with Gasteiger partial charge in [0.05, 0.1) is 0 Å². The molecule has 0 unspecified atom stereocenters. The monoisotopic (exact) mass is 379 g/mol. The zero-order valence-electron chi connectivity index (χ0n) is 16.6. The molecule has 0 atom stereocenters. The highest BCUT2D eigenvalue weighted by Gasteiger charge is 2.23. The van der Waals surface area contributed by atoms with E-state index in [0.29, 0.717) is 5.69 Å². The average molecular weight is 380 g/mol. The lowest BCUT2D eigenvalue weighted by Crippen LogP contribution is -2.47. The Morgan fingerprint density at radius 2 is 1.64 bits per heavy atom. The fraction of sp³-hybridized carbons (Fsp3) is 0.455. The van der Waals surface area contributed by atoms with E-state index in [9.17, 15) is 4.79 Å². The van der Waals surface area contributed by atoms with Crippen LogP contribution in [-0.4, -0.2) is 85.0 Å². The van der Waals surface area contributed by atoms with Crippen LogP contribution in [0.25, 0.3) is 0 Å². The van der Waals surface area contributed by atoms with Gasteiger partial charge in [-0.1, -0.05) is 30.3 Å². The molecule has 4 rings (SSSR count). The minimum Gasteiger partial charge on any atom is -0.369 e. The Bertz CT molecular complexity index is 781. The summed E-state index contributed by atoms with van der Waals surface area (Å²) in [6.07, 6.45) is 1.77. The van der Waals surface area contributed by atoms with Crippen molar-refractivity contribution in [2.45, 2.75) is 6.54 Å². The number of anilines is 1. The number of carbonyl (C=O) groups is 1. The fourth-order valence-corrected chi connectivity index (χ4v) is 3.91. The Labute approximate surface area is 167 Å². The van der Waals surface area contributed by atoms with E-state index in [-0.39, 0.29) is 5.91 Å². The van der Waals surface area contributed by atoms with Crippen molar-refractivity contribution in [3.05, 3.63) is 59.9 Å². The van der Waals surface area contributed by atoms with Crippen molar-refractivity contribution in [1.29, 1.82) is 0 Å². The Morgan fingerprint density at radius 1 is 0.929 bits per heavy atom. The summed E-state index contributed by atoms with van der Waals surface area (Å²) in [5, 5.41) is 0. The van der Waals surface area contributed by atoms with Crippen LogP contribution < -0.4 is 4.90 Å². The van der Waals surface area contributed by atoms with Crippen molar-refractivity contribution in [3.8, 4) is 0 Å². The van der Waals surface area contributed by atoms with Crippen LogP contribution in [0.2, 0.25) is 0 Å². The summed E-state index contributed by atoms with van der Waals surface area (Å²) < 4.78 is 0. The van der Waals surface area contributed by atoms with E-state index in [1.807, 2.05) is 17.0 Å². The molecule has 28 heavy (non-hydrogen) atoms. The van der Waals surface area contributed by atoms with E-state index in [1.54, 1.807) is 6.20 Å². The molecule has 1 aromatic heterocycles. The van der Waals surface area contributed by atoms with E-state index < -0.39 is 0 Å². The number of likely N-dealkylation sites (N-methyl/N-ethyl adjacent to an activating group) is 1. The number of benzene rings is 1. The number of hydrogen-bond donors (Lipinski definition) is 0. The fourth-order valence-electron chi connectivity index (χ4n) is 3.91. The Balaban J connectivity index is 1.35. The van der Waals surface area contributed by atoms with Crippen molar-refractivity contribution in [2.24, 2.45) is 0 Å². The number of hydrogen-bond acceptors (Lipinski definition) is 5. The van der Waals surface area contributed by atoms with Gasteiger partial charge in [0, 0.05) is 70.8 Å². The Hall–Kier alpha value is -2.44. The Kier molecular flexibility index (Phi) is 5.88. The largest absolute Gasteiger partial charge is 0.369 e. The molecule has 0 N–H and O–H groups in total. The second-order valence-electron chi connectivity index (χ2n) is 7.74. The van der Waals surface area contributed by atoms with Gasteiger partial charge < -0.3 is 14.7 Å². The molecule has 6 nitrogen and oxygen atoms in total. The molecule has 0 bridgehead atoms. The smallest absolute Gasteiger partial charge is 0.272 e. The molecule has 0 aliphatic carbocycles. The summed E-state index contributed by atoms with van der Waals surface area (Å²) in [6, 6.07) is 14.6. The third-order valence-electron chi connectivity index (χ3n) is 5.74. The average Bonchev–Trinajstić information content (AvgIpc) is 2.75. The topological polar surface area (TPSA) is 42.9 Å². The van der Waals surface area contributed by atoms with Crippen molar-refractivity contribution in [3.63, 3.8) is 0 Å². The molecule has 148 valence electrons. The summed E-state index contributed by atoms with van der Waals surface area (Å²) in [7, 11) is 2.10. The molecule has 6 heteroatoms. The molecular weight excluding hydrogens is 350 g/mol. The first-order chi connectivity index (χ1) is 13.7. The van der Waals surface area contributed by atoms with E-state index in [2.05, 4.69) is 57.1 Å². The molecular formula is C22H29N5O. The van der Waals surface area contributed by atoms with Crippen LogP contribution in [0.3, 0.4) is 0 Å². The molecule has 1 amide bonds. The zero-order chi connectivity index (χ0) is 19.3. The van der Waals surface area contributed by atoms with Crippen LogP contribution in [0.5, 0.6) is 0 Å². The number of piperazine rings is 2. The van der Waals surface area contributed by atoms with Gasteiger partial charge in [-0.3, -0.25) is 14.7 Å². The normalized spacial score (nSPS) is 19.0. The predicted octanol–water partition coefficient (Wildman–Crippen LogP) is 1.79. The number of aromatic nitrogens is 1. The molecule has 2 fully saturated rings. The van der Waals surface area contributed by atoms with Crippen LogP contribution in [0, 0.1) is 0 Å². The summed E-state index contributed by atoms with van der Waals surface area (Å²) in [6.45, 7) is 8.40. The van der Waals surface area contributed by atoms with Crippen molar-refractivity contribution < 1.29 is 4.79 Å².